The van der Waals surface area contributed by atoms with Gasteiger partial charge in [0, 0.05) is 23.6 Å². The summed E-state index contributed by atoms with van der Waals surface area (Å²) in [6, 6.07) is 14.2. The van der Waals surface area contributed by atoms with Crippen LogP contribution in [-0.2, 0) is 20.7 Å². The van der Waals surface area contributed by atoms with Gasteiger partial charge in [0.25, 0.3) is 0 Å². The molecule has 4 rings (SSSR count). The maximum atomic E-state index is 12.3. The molecule has 0 saturated heterocycles. The average Bonchev–Trinajstić information content (AvgIpc) is 3.19. The van der Waals surface area contributed by atoms with Crippen LogP contribution in [0.2, 0.25) is 0 Å². The van der Waals surface area contributed by atoms with Crippen molar-refractivity contribution in [1.29, 1.82) is 0 Å². The summed E-state index contributed by atoms with van der Waals surface area (Å²) in [7, 11) is 1.28. The van der Waals surface area contributed by atoms with Gasteiger partial charge in [-0.3, -0.25) is 4.98 Å². The van der Waals surface area contributed by atoms with Crippen LogP contribution in [0.4, 0.5) is 4.79 Å². The van der Waals surface area contributed by atoms with E-state index in [9.17, 15) is 9.59 Å². The van der Waals surface area contributed by atoms with Gasteiger partial charge in [-0.1, -0.05) is 24.3 Å². The van der Waals surface area contributed by atoms with Crippen LogP contribution in [0.15, 0.2) is 59.1 Å². The molecule has 170 valence electrons. The summed E-state index contributed by atoms with van der Waals surface area (Å²) >= 11 is 0. The quantitative estimate of drug-likeness (QED) is 0.444. The van der Waals surface area contributed by atoms with Crippen LogP contribution in [0.25, 0.3) is 33.5 Å². The van der Waals surface area contributed by atoms with Gasteiger partial charge in [0.15, 0.2) is 5.58 Å². The van der Waals surface area contributed by atoms with Gasteiger partial charge in [-0.15, -0.1) is 0 Å². The molecule has 0 fully saturated rings. The Morgan fingerprint density at radius 3 is 2.64 bits per heavy atom. The molecule has 4 aromatic rings. The van der Waals surface area contributed by atoms with Crippen molar-refractivity contribution in [2.24, 2.45) is 0 Å². The van der Waals surface area contributed by atoms with E-state index in [1.165, 1.54) is 7.11 Å². The maximum Gasteiger partial charge on any atom is 0.408 e. The van der Waals surface area contributed by atoms with Crippen molar-refractivity contribution in [3.8, 4) is 11.5 Å². The second-order valence-electron chi connectivity index (χ2n) is 8.62. The highest BCUT2D eigenvalue weighted by atomic mass is 16.6. The Labute approximate surface area is 190 Å². The standard InChI is InChI=1S/C25H25N3O5/c1-25(2,3)33-24(30)28-20(23(29)31-4)14-15-9-10-21-19(13-15)27-22(32-21)17-11-12-26-18-8-6-5-7-16(17)18/h5-13,20H,14H2,1-4H3,(H,28,30)/t20-/m0/s1. The minimum atomic E-state index is -0.905. The van der Waals surface area contributed by atoms with Gasteiger partial charge in [-0.25, -0.2) is 14.6 Å². The minimum absolute atomic E-state index is 0.211. The lowest BCUT2D eigenvalue weighted by Gasteiger charge is -2.22. The number of nitrogens with zero attached hydrogens (tertiary/aromatic N) is 2. The Bertz CT molecular complexity index is 1320. The molecular weight excluding hydrogens is 422 g/mol. The lowest BCUT2D eigenvalue weighted by Crippen LogP contribution is -2.45. The molecule has 0 radical (unpaired) electrons. The smallest absolute Gasteiger partial charge is 0.408 e. The fraction of sp³-hybridized carbons (Fsp3) is 0.280. The van der Waals surface area contributed by atoms with Gasteiger partial charge < -0.3 is 19.2 Å². The number of hydrogen-bond acceptors (Lipinski definition) is 7. The monoisotopic (exact) mass is 447 g/mol. The van der Waals surface area contributed by atoms with Crippen LogP contribution in [0.3, 0.4) is 0 Å². The topological polar surface area (TPSA) is 104 Å². The number of benzene rings is 2. The highest BCUT2D eigenvalue weighted by Crippen LogP contribution is 2.30. The predicted molar refractivity (Wildman–Crippen MR) is 124 cm³/mol. The zero-order valence-electron chi connectivity index (χ0n) is 18.9. The molecule has 0 saturated carbocycles. The SMILES string of the molecule is COC(=O)[C@H](Cc1ccc2oc(-c3ccnc4ccccc34)nc2c1)NC(=O)OC(C)(C)C. The Kier molecular flexibility index (Phi) is 6.00. The third-order valence-electron chi connectivity index (χ3n) is 4.95. The average molecular weight is 447 g/mol. The highest BCUT2D eigenvalue weighted by molar-refractivity contribution is 5.93. The van der Waals surface area contributed by atoms with Crippen LogP contribution >= 0.6 is 0 Å². The molecule has 2 aromatic carbocycles. The Morgan fingerprint density at radius 2 is 1.88 bits per heavy atom. The van der Waals surface area contributed by atoms with Crippen LogP contribution in [0.1, 0.15) is 26.3 Å². The van der Waals surface area contributed by atoms with Crippen LogP contribution < -0.4 is 5.32 Å². The number of amides is 1. The van der Waals surface area contributed by atoms with Crippen LogP contribution in [0, 0.1) is 0 Å². The Balaban J connectivity index is 1.61. The van der Waals surface area contributed by atoms with E-state index in [2.05, 4.69) is 15.3 Å². The lowest BCUT2D eigenvalue weighted by molar-refractivity contribution is -0.143. The first kappa shape index (κ1) is 22.3. The third kappa shape index (κ3) is 5.11. The molecule has 33 heavy (non-hydrogen) atoms. The van der Waals surface area contributed by atoms with Gasteiger partial charge in [-0.2, -0.15) is 0 Å². The molecule has 2 heterocycles. The number of fused-ring (bicyclic) bond motifs is 2. The van der Waals surface area contributed by atoms with Crippen molar-refractivity contribution in [3.63, 3.8) is 0 Å². The van der Waals surface area contributed by atoms with E-state index < -0.39 is 23.7 Å². The van der Waals surface area contributed by atoms with Gasteiger partial charge in [0.05, 0.1) is 12.6 Å². The second kappa shape index (κ2) is 8.90. The molecule has 0 aliphatic carbocycles. The number of carbonyl (C=O) groups excluding carboxylic acids is 2. The van der Waals surface area contributed by atoms with Gasteiger partial charge in [0.1, 0.15) is 17.2 Å². The number of nitrogens with one attached hydrogen (secondary N) is 1. The number of aromatic nitrogens is 2. The number of alkyl carbamates (subject to hydrolysis) is 1. The molecule has 0 unspecified atom stereocenters. The number of para-hydroxylation sites is 1. The highest BCUT2D eigenvalue weighted by Gasteiger charge is 2.25. The van der Waals surface area contributed by atoms with Crippen LogP contribution in [-0.4, -0.2) is 40.8 Å². The molecule has 1 atom stereocenters. The molecule has 0 bridgehead atoms. The van der Waals surface area contributed by atoms with E-state index in [0.717, 1.165) is 22.0 Å². The molecule has 0 spiro atoms. The number of oxazole rings is 1. The van der Waals surface area contributed by atoms with Gasteiger partial charge in [0.2, 0.25) is 5.89 Å². The normalized spacial score (nSPS) is 12.5. The van der Waals surface area contributed by atoms with Crippen molar-refractivity contribution in [2.75, 3.05) is 7.11 Å². The Hall–Kier alpha value is -3.94. The molecule has 2 aromatic heterocycles. The molecule has 0 aliphatic rings. The summed E-state index contributed by atoms with van der Waals surface area (Å²) in [6.45, 7) is 5.26. The second-order valence-corrected chi connectivity index (χ2v) is 8.62. The summed E-state index contributed by atoms with van der Waals surface area (Å²) < 4.78 is 16.1. The summed E-state index contributed by atoms with van der Waals surface area (Å²) in [6.07, 6.45) is 1.25. The summed E-state index contributed by atoms with van der Waals surface area (Å²) in [5.74, 6) is -0.0813. The summed E-state index contributed by atoms with van der Waals surface area (Å²) in [5.41, 5.74) is 3.06. The first-order chi connectivity index (χ1) is 15.7. The van der Waals surface area contributed by atoms with E-state index in [4.69, 9.17) is 13.9 Å². The van der Waals surface area contributed by atoms with E-state index in [-0.39, 0.29) is 6.42 Å². The van der Waals surface area contributed by atoms with E-state index >= 15 is 0 Å². The van der Waals surface area contributed by atoms with Crippen molar-refractivity contribution in [1.82, 2.24) is 15.3 Å². The minimum Gasteiger partial charge on any atom is -0.467 e. The zero-order chi connectivity index (χ0) is 23.6. The molecule has 8 heteroatoms. The molecular formula is C25H25N3O5. The summed E-state index contributed by atoms with van der Waals surface area (Å²) in [5, 5.41) is 3.53. The largest absolute Gasteiger partial charge is 0.467 e. The first-order valence-corrected chi connectivity index (χ1v) is 10.5. The molecule has 0 aliphatic heterocycles. The van der Waals surface area contributed by atoms with Gasteiger partial charge >= 0.3 is 12.1 Å². The van der Waals surface area contributed by atoms with E-state index in [1.54, 1.807) is 33.0 Å². The summed E-state index contributed by atoms with van der Waals surface area (Å²) in [4.78, 5) is 33.5. The fourth-order valence-electron chi connectivity index (χ4n) is 3.52. The third-order valence-corrected chi connectivity index (χ3v) is 4.95. The van der Waals surface area contributed by atoms with Crippen molar-refractivity contribution in [2.45, 2.75) is 38.8 Å². The number of hydrogen-bond donors (Lipinski definition) is 1. The maximum absolute atomic E-state index is 12.3. The molecule has 1 amide bonds. The molecule has 8 nitrogen and oxygen atoms in total. The van der Waals surface area contributed by atoms with E-state index in [0.29, 0.717) is 17.0 Å². The number of carbonyl (C=O) groups is 2. The number of methoxy groups -OCH3 is 1. The predicted octanol–water partition coefficient (Wildman–Crippen LogP) is 4.65. The van der Waals surface area contributed by atoms with Crippen LogP contribution in [0.5, 0.6) is 0 Å². The lowest BCUT2D eigenvalue weighted by atomic mass is 10.1. The number of esters is 1. The first-order valence-electron chi connectivity index (χ1n) is 10.5. The number of pyridine rings is 1. The number of rotatable bonds is 5. The van der Waals surface area contributed by atoms with E-state index in [1.807, 2.05) is 42.5 Å². The van der Waals surface area contributed by atoms with Crippen molar-refractivity contribution >= 4 is 34.1 Å². The van der Waals surface area contributed by atoms with Crippen molar-refractivity contribution < 1.29 is 23.5 Å². The Morgan fingerprint density at radius 1 is 1.09 bits per heavy atom. The molecule has 1 N–H and O–H groups in total. The van der Waals surface area contributed by atoms with Crippen molar-refractivity contribution in [3.05, 3.63) is 60.3 Å². The van der Waals surface area contributed by atoms with Gasteiger partial charge in [-0.05, 0) is 50.6 Å². The number of ether oxygens (including phenoxy) is 2. The fourth-order valence-corrected chi connectivity index (χ4v) is 3.52. The zero-order valence-corrected chi connectivity index (χ0v) is 18.9.